The van der Waals surface area contributed by atoms with E-state index in [0.717, 1.165) is 17.0 Å². The lowest BCUT2D eigenvalue weighted by molar-refractivity contribution is 0.509. The van der Waals surface area contributed by atoms with Crippen LogP contribution in [0.5, 0.6) is 0 Å². The molecule has 1 aromatic carbocycles. The maximum atomic E-state index is 5.51. The highest BCUT2D eigenvalue weighted by Crippen LogP contribution is 2.23. The molecule has 3 heteroatoms. The maximum absolute atomic E-state index is 5.51. The monoisotopic (exact) mass is 188 g/mol. The average Bonchev–Trinajstić information content (AvgIpc) is 2.61. The molecule has 0 atom stereocenters. The smallest absolute Gasteiger partial charge is 0.208 e. The summed E-state index contributed by atoms with van der Waals surface area (Å²) in [4.78, 5) is 4.21. The number of hydrogen-bond acceptors (Lipinski definition) is 3. The zero-order valence-corrected chi connectivity index (χ0v) is 8.03. The van der Waals surface area contributed by atoms with Gasteiger partial charge in [-0.15, -0.1) is 0 Å². The largest absolute Gasteiger partial charge is 0.439 e. The molecule has 1 heterocycles. The number of hydrogen-bond donors (Lipinski definition) is 1. The Morgan fingerprint density at radius 1 is 1.29 bits per heavy atom. The van der Waals surface area contributed by atoms with Crippen molar-refractivity contribution in [1.29, 1.82) is 0 Å². The van der Waals surface area contributed by atoms with Crippen molar-refractivity contribution >= 4 is 0 Å². The van der Waals surface area contributed by atoms with E-state index in [4.69, 9.17) is 10.2 Å². The fraction of sp³-hybridized carbons (Fsp3) is 0.182. The number of aryl methyl sites for hydroxylation is 1. The summed E-state index contributed by atoms with van der Waals surface area (Å²) in [7, 11) is 0. The number of benzene rings is 1. The third-order valence-electron chi connectivity index (χ3n) is 2.05. The van der Waals surface area contributed by atoms with E-state index < -0.39 is 0 Å². The molecule has 0 saturated carbocycles. The van der Waals surface area contributed by atoms with Gasteiger partial charge in [-0.05, 0) is 6.92 Å². The Kier molecular flexibility index (Phi) is 2.33. The number of nitrogens with zero attached hydrogens (tertiary/aromatic N) is 1. The van der Waals surface area contributed by atoms with E-state index >= 15 is 0 Å². The third kappa shape index (κ3) is 1.54. The van der Waals surface area contributed by atoms with Crippen LogP contribution in [-0.2, 0) is 6.54 Å². The molecule has 2 N–H and O–H groups in total. The summed E-state index contributed by atoms with van der Waals surface area (Å²) in [6.07, 6.45) is 0. The molecular formula is C11H12N2O. The summed E-state index contributed by atoms with van der Waals surface area (Å²) in [5, 5.41) is 0. The van der Waals surface area contributed by atoms with Gasteiger partial charge in [0.05, 0.1) is 12.2 Å². The Hall–Kier alpha value is -1.61. The van der Waals surface area contributed by atoms with E-state index in [1.807, 2.05) is 37.3 Å². The molecule has 0 amide bonds. The molecular weight excluding hydrogens is 176 g/mol. The Labute approximate surface area is 82.6 Å². The van der Waals surface area contributed by atoms with Crippen molar-refractivity contribution in [2.24, 2.45) is 5.73 Å². The summed E-state index contributed by atoms with van der Waals surface area (Å²) < 4.78 is 5.51. The van der Waals surface area contributed by atoms with Crippen LogP contribution in [0.25, 0.3) is 11.3 Å². The van der Waals surface area contributed by atoms with Gasteiger partial charge in [0.25, 0.3) is 0 Å². The van der Waals surface area contributed by atoms with Crippen LogP contribution in [0.15, 0.2) is 34.7 Å². The number of nitrogens with two attached hydrogens (primary N) is 1. The van der Waals surface area contributed by atoms with Crippen LogP contribution in [0.1, 0.15) is 11.6 Å². The Morgan fingerprint density at radius 2 is 2.00 bits per heavy atom. The van der Waals surface area contributed by atoms with Gasteiger partial charge in [0.1, 0.15) is 0 Å². The second-order valence-corrected chi connectivity index (χ2v) is 3.09. The normalized spacial score (nSPS) is 10.4. The number of rotatable bonds is 2. The summed E-state index contributed by atoms with van der Waals surface area (Å²) in [5.41, 5.74) is 7.38. The van der Waals surface area contributed by atoms with Gasteiger partial charge in [0.2, 0.25) is 5.89 Å². The van der Waals surface area contributed by atoms with Crippen molar-refractivity contribution in [3.63, 3.8) is 0 Å². The van der Waals surface area contributed by atoms with Crippen molar-refractivity contribution in [2.75, 3.05) is 0 Å². The summed E-state index contributed by atoms with van der Waals surface area (Å²) in [5.74, 6) is 1.40. The predicted molar refractivity (Wildman–Crippen MR) is 54.6 cm³/mol. The first-order valence-electron chi connectivity index (χ1n) is 4.53. The van der Waals surface area contributed by atoms with Gasteiger partial charge in [-0.25, -0.2) is 4.98 Å². The lowest BCUT2D eigenvalue weighted by atomic mass is 10.1. The summed E-state index contributed by atoms with van der Waals surface area (Å²) in [6.45, 7) is 2.26. The molecule has 0 radical (unpaired) electrons. The molecule has 2 aromatic rings. The first kappa shape index (κ1) is 8.97. The molecule has 0 spiro atoms. The zero-order valence-electron chi connectivity index (χ0n) is 8.03. The Morgan fingerprint density at radius 3 is 2.57 bits per heavy atom. The molecule has 0 aliphatic carbocycles. The summed E-state index contributed by atoms with van der Waals surface area (Å²) >= 11 is 0. The first-order chi connectivity index (χ1) is 6.81. The third-order valence-corrected chi connectivity index (χ3v) is 2.05. The maximum Gasteiger partial charge on any atom is 0.208 e. The van der Waals surface area contributed by atoms with Crippen LogP contribution >= 0.6 is 0 Å². The SMILES string of the molecule is Cc1nc(CN)oc1-c1ccccc1. The molecule has 0 aliphatic rings. The minimum absolute atomic E-state index is 0.341. The van der Waals surface area contributed by atoms with Gasteiger partial charge in [0.15, 0.2) is 5.76 Å². The van der Waals surface area contributed by atoms with E-state index in [1.54, 1.807) is 0 Å². The highest BCUT2D eigenvalue weighted by Gasteiger charge is 2.09. The molecule has 2 rings (SSSR count). The van der Waals surface area contributed by atoms with E-state index in [1.165, 1.54) is 0 Å². The van der Waals surface area contributed by atoms with E-state index in [-0.39, 0.29) is 0 Å². The van der Waals surface area contributed by atoms with Crippen LogP contribution in [0.3, 0.4) is 0 Å². The molecule has 0 fully saturated rings. The molecule has 0 bridgehead atoms. The Balaban J connectivity index is 2.46. The average molecular weight is 188 g/mol. The van der Waals surface area contributed by atoms with Crippen molar-refractivity contribution in [1.82, 2.24) is 4.98 Å². The van der Waals surface area contributed by atoms with E-state index in [9.17, 15) is 0 Å². The topological polar surface area (TPSA) is 52.0 Å². The molecule has 0 saturated heterocycles. The van der Waals surface area contributed by atoms with Crippen molar-refractivity contribution in [3.8, 4) is 11.3 Å². The second-order valence-electron chi connectivity index (χ2n) is 3.09. The van der Waals surface area contributed by atoms with Crippen molar-refractivity contribution in [3.05, 3.63) is 41.9 Å². The van der Waals surface area contributed by atoms with Crippen molar-refractivity contribution < 1.29 is 4.42 Å². The van der Waals surface area contributed by atoms with Gasteiger partial charge in [-0.2, -0.15) is 0 Å². The quantitative estimate of drug-likeness (QED) is 0.785. The van der Waals surface area contributed by atoms with Gasteiger partial charge in [0, 0.05) is 5.56 Å². The van der Waals surface area contributed by atoms with E-state index in [0.29, 0.717) is 12.4 Å². The lowest BCUT2D eigenvalue weighted by Gasteiger charge is -1.95. The molecule has 72 valence electrons. The van der Waals surface area contributed by atoms with Crippen molar-refractivity contribution in [2.45, 2.75) is 13.5 Å². The van der Waals surface area contributed by atoms with Gasteiger partial charge in [-0.1, -0.05) is 30.3 Å². The molecule has 1 aromatic heterocycles. The fourth-order valence-electron chi connectivity index (χ4n) is 1.40. The minimum atomic E-state index is 0.341. The van der Waals surface area contributed by atoms with E-state index in [2.05, 4.69) is 4.98 Å². The molecule has 14 heavy (non-hydrogen) atoms. The lowest BCUT2D eigenvalue weighted by Crippen LogP contribution is -1.95. The highest BCUT2D eigenvalue weighted by atomic mass is 16.4. The first-order valence-corrected chi connectivity index (χ1v) is 4.53. The molecule has 3 nitrogen and oxygen atoms in total. The minimum Gasteiger partial charge on any atom is -0.439 e. The summed E-state index contributed by atoms with van der Waals surface area (Å²) in [6, 6.07) is 9.90. The van der Waals surface area contributed by atoms with Crippen LogP contribution in [-0.4, -0.2) is 4.98 Å². The molecule has 0 unspecified atom stereocenters. The van der Waals surface area contributed by atoms with Crippen LogP contribution in [0, 0.1) is 6.92 Å². The van der Waals surface area contributed by atoms with Gasteiger partial charge < -0.3 is 10.2 Å². The van der Waals surface area contributed by atoms with Gasteiger partial charge >= 0.3 is 0 Å². The van der Waals surface area contributed by atoms with Gasteiger partial charge in [-0.3, -0.25) is 0 Å². The standard InChI is InChI=1S/C11H12N2O/c1-8-11(14-10(7-12)13-8)9-5-3-2-4-6-9/h2-6H,7,12H2,1H3. The number of oxazole rings is 1. The van der Waals surface area contributed by atoms with Crippen LogP contribution in [0.2, 0.25) is 0 Å². The molecule has 0 aliphatic heterocycles. The highest BCUT2D eigenvalue weighted by molar-refractivity contribution is 5.59. The zero-order chi connectivity index (χ0) is 9.97. The second kappa shape index (κ2) is 3.64. The predicted octanol–water partition coefficient (Wildman–Crippen LogP) is 2.11. The van der Waals surface area contributed by atoms with Crippen LogP contribution in [0.4, 0.5) is 0 Å². The fourth-order valence-corrected chi connectivity index (χ4v) is 1.40. The Bertz CT molecular complexity index is 420. The van der Waals surface area contributed by atoms with Crippen LogP contribution < -0.4 is 5.73 Å². The number of aromatic nitrogens is 1.